The minimum Gasteiger partial charge on any atom is -0.497 e. The molecular formula is C23H20F3N5O4. The molecule has 0 spiro atoms. The number of pyridine rings is 1. The van der Waals surface area contributed by atoms with Gasteiger partial charge in [0.2, 0.25) is 0 Å². The van der Waals surface area contributed by atoms with Crippen LogP contribution in [0.15, 0.2) is 47.8 Å². The molecule has 4 heterocycles. The Morgan fingerprint density at radius 3 is 2.54 bits per heavy atom. The number of hydrogen-bond acceptors (Lipinski definition) is 6. The number of carbonyl (C=O) groups is 1. The molecule has 0 saturated carbocycles. The number of halogens is 3. The summed E-state index contributed by atoms with van der Waals surface area (Å²) in [5, 5.41) is 8.07. The average Bonchev–Trinajstić information content (AvgIpc) is 3.36. The number of alkyl halides is 3. The highest BCUT2D eigenvalue weighted by molar-refractivity contribution is 5.77. The summed E-state index contributed by atoms with van der Waals surface area (Å²) in [7, 11) is 3.30. The van der Waals surface area contributed by atoms with E-state index in [0.717, 1.165) is 38.8 Å². The van der Waals surface area contributed by atoms with E-state index in [4.69, 9.17) is 9.47 Å². The molecule has 1 saturated heterocycles. The molecule has 4 aromatic rings. The second-order valence-corrected chi connectivity index (χ2v) is 8.57. The van der Waals surface area contributed by atoms with Crippen molar-refractivity contribution in [3.05, 3.63) is 76.0 Å². The SMILES string of the molecule is COc1cc(-n2cc3c(C(F)(F)F)cc(C=O)cn3c2=O)cc(C2(Cc3nncn3C)COC2)c1. The summed E-state index contributed by atoms with van der Waals surface area (Å²) in [6.07, 6.45) is -0.181. The molecule has 1 aliphatic rings. The lowest BCUT2D eigenvalue weighted by molar-refractivity contribution is -0.136. The van der Waals surface area contributed by atoms with E-state index >= 15 is 0 Å². The lowest BCUT2D eigenvalue weighted by atomic mass is 9.75. The summed E-state index contributed by atoms with van der Waals surface area (Å²) in [4.78, 5) is 24.4. The summed E-state index contributed by atoms with van der Waals surface area (Å²) < 4.78 is 55.8. The van der Waals surface area contributed by atoms with Gasteiger partial charge >= 0.3 is 11.9 Å². The van der Waals surface area contributed by atoms with Crippen LogP contribution in [-0.2, 0) is 29.8 Å². The minimum atomic E-state index is -4.76. The topological polar surface area (TPSA) is 92.6 Å². The Bertz CT molecular complexity index is 1500. The van der Waals surface area contributed by atoms with E-state index in [2.05, 4.69) is 10.2 Å². The van der Waals surface area contributed by atoms with Crippen LogP contribution < -0.4 is 10.4 Å². The molecule has 1 fully saturated rings. The maximum absolute atomic E-state index is 13.7. The van der Waals surface area contributed by atoms with E-state index in [0.29, 0.717) is 31.1 Å². The van der Waals surface area contributed by atoms with Crippen LogP contribution in [0.25, 0.3) is 11.2 Å². The van der Waals surface area contributed by atoms with Gasteiger partial charge < -0.3 is 14.0 Å². The van der Waals surface area contributed by atoms with E-state index in [9.17, 15) is 22.8 Å². The number of aryl methyl sites for hydroxylation is 1. The first-order valence-electron chi connectivity index (χ1n) is 10.6. The van der Waals surface area contributed by atoms with Crippen LogP contribution >= 0.6 is 0 Å². The molecule has 3 aromatic heterocycles. The van der Waals surface area contributed by atoms with Crippen molar-refractivity contribution in [3.63, 3.8) is 0 Å². The Morgan fingerprint density at radius 2 is 1.97 bits per heavy atom. The summed E-state index contributed by atoms with van der Waals surface area (Å²) in [5.74, 6) is 1.16. The van der Waals surface area contributed by atoms with Crippen molar-refractivity contribution in [3.8, 4) is 11.4 Å². The molecule has 0 radical (unpaired) electrons. The summed E-state index contributed by atoms with van der Waals surface area (Å²) in [6, 6.07) is 5.84. The van der Waals surface area contributed by atoms with E-state index in [1.165, 1.54) is 7.11 Å². The smallest absolute Gasteiger partial charge is 0.418 e. The first-order valence-corrected chi connectivity index (χ1v) is 10.6. The fourth-order valence-corrected chi connectivity index (χ4v) is 4.32. The molecule has 1 aliphatic heterocycles. The van der Waals surface area contributed by atoms with Gasteiger partial charge in [-0.3, -0.25) is 13.8 Å². The zero-order chi connectivity index (χ0) is 25.0. The Labute approximate surface area is 196 Å². The number of rotatable bonds is 6. The summed E-state index contributed by atoms with van der Waals surface area (Å²) in [5.41, 5.74) is -1.82. The zero-order valence-electron chi connectivity index (χ0n) is 18.7. The van der Waals surface area contributed by atoms with Crippen LogP contribution in [0.5, 0.6) is 5.75 Å². The number of nitrogens with zero attached hydrogens (tertiary/aromatic N) is 5. The Balaban J connectivity index is 1.68. The van der Waals surface area contributed by atoms with Crippen molar-refractivity contribution in [1.29, 1.82) is 0 Å². The fourth-order valence-electron chi connectivity index (χ4n) is 4.32. The van der Waals surface area contributed by atoms with Crippen molar-refractivity contribution in [2.75, 3.05) is 20.3 Å². The van der Waals surface area contributed by atoms with E-state index in [1.54, 1.807) is 23.0 Å². The van der Waals surface area contributed by atoms with Gasteiger partial charge in [-0.05, 0) is 23.8 Å². The number of aldehydes is 1. The van der Waals surface area contributed by atoms with Crippen LogP contribution in [-0.4, -0.2) is 50.3 Å². The van der Waals surface area contributed by atoms with Crippen molar-refractivity contribution in [2.24, 2.45) is 7.05 Å². The monoisotopic (exact) mass is 487 g/mol. The number of benzene rings is 1. The summed E-state index contributed by atoms with van der Waals surface area (Å²) in [6.45, 7) is 0.778. The molecule has 35 heavy (non-hydrogen) atoms. The van der Waals surface area contributed by atoms with Gasteiger partial charge in [-0.15, -0.1) is 10.2 Å². The molecule has 0 aliphatic carbocycles. The predicted molar refractivity (Wildman–Crippen MR) is 117 cm³/mol. The molecular weight excluding hydrogens is 467 g/mol. The Kier molecular flexibility index (Phi) is 5.28. The molecule has 0 amide bonds. The van der Waals surface area contributed by atoms with E-state index in [1.807, 2.05) is 13.1 Å². The Morgan fingerprint density at radius 1 is 1.20 bits per heavy atom. The number of methoxy groups -OCH3 is 1. The highest BCUT2D eigenvalue weighted by atomic mass is 19.4. The number of imidazole rings is 1. The van der Waals surface area contributed by atoms with Gasteiger partial charge in [0.25, 0.3) is 0 Å². The number of ether oxygens (including phenoxy) is 2. The lowest BCUT2D eigenvalue weighted by Gasteiger charge is -2.42. The molecule has 0 bridgehead atoms. The van der Waals surface area contributed by atoms with Crippen LogP contribution in [0.4, 0.5) is 13.2 Å². The van der Waals surface area contributed by atoms with E-state index in [-0.39, 0.29) is 17.4 Å². The van der Waals surface area contributed by atoms with Gasteiger partial charge in [-0.25, -0.2) is 4.79 Å². The lowest BCUT2D eigenvalue weighted by Crippen LogP contribution is -2.49. The molecule has 5 rings (SSSR count). The molecule has 9 nitrogen and oxygen atoms in total. The molecule has 12 heteroatoms. The number of aromatic nitrogens is 5. The molecule has 0 N–H and O–H groups in total. The third-order valence-electron chi connectivity index (χ3n) is 6.31. The fraction of sp³-hybridized carbons (Fsp3) is 0.304. The van der Waals surface area contributed by atoms with Crippen LogP contribution in [0.2, 0.25) is 0 Å². The van der Waals surface area contributed by atoms with Gasteiger partial charge in [0.15, 0.2) is 6.29 Å². The van der Waals surface area contributed by atoms with Crippen molar-refractivity contribution < 1.29 is 27.4 Å². The molecule has 182 valence electrons. The first kappa shape index (κ1) is 22.8. The number of fused-ring (bicyclic) bond motifs is 1. The maximum atomic E-state index is 13.7. The standard InChI is InChI=1S/C23H20F3N5O4/c1-29-13-27-28-20(29)7-22(11-35-12-22)15-4-16(6-17(5-15)34-2)30-9-19-18(23(24,25)26)3-14(10-32)8-31(19)21(30)33/h3-6,8-10,13H,7,11-12H2,1-2H3. The molecule has 0 atom stereocenters. The third kappa shape index (κ3) is 3.79. The van der Waals surface area contributed by atoms with E-state index < -0.39 is 22.8 Å². The second kappa shape index (κ2) is 8.08. The van der Waals surface area contributed by atoms with Gasteiger partial charge in [-0.2, -0.15) is 13.2 Å². The van der Waals surface area contributed by atoms with Crippen molar-refractivity contribution >= 4 is 11.8 Å². The quantitative estimate of drug-likeness (QED) is 0.388. The van der Waals surface area contributed by atoms with Gasteiger partial charge in [-0.1, -0.05) is 0 Å². The van der Waals surface area contributed by atoms with Crippen molar-refractivity contribution in [1.82, 2.24) is 23.7 Å². The minimum absolute atomic E-state index is 0.259. The maximum Gasteiger partial charge on any atom is 0.418 e. The summed E-state index contributed by atoms with van der Waals surface area (Å²) >= 11 is 0. The molecule has 0 unspecified atom stereocenters. The normalized spacial score (nSPS) is 15.2. The highest BCUT2D eigenvalue weighted by Gasteiger charge is 2.42. The second-order valence-electron chi connectivity index (χ2n) is 8.57. The average molecular weight is 487 g/mol. The van der Waals surface area contributed by atoms with Crippen LogP contribution in [0.1, 0.15) is 27.3 Å². The van der Waals surface area contributed by atoms with Gasteiger partial charge in [0, 0.05) is 42.9 Å². The van der Waals surface area contributed by atoms with Crippen LogP contribution in [0.3, 0.4) is 0 Å². The number of carbonyl (C=O) groups excluding carboxylic acids is 1. The largest absolute Gasteiger partial charge is 0.497 e. The Hall–Kier alpha value is -3.93. The predicted octanol–water partition coefficient (Wildman–Crippen LogP) is 2.57. The molecule has 1 aromatic carbocycles. The zero-order valence-corrected chi connectivity index (χ0v) is 18.7. The number of hydrogen-bond donors (Lipinski definition) is 0. The van der Waals surface area contributed by atoms with Gasteiger partial charge in [0.05, 0.1) is 37.1 Å². The first-order chi connectivity index (χ1) is 16.6. The third-order valence-corrected chi connectivity index (χ3v) is 6.31. The van der Waals surface area contributed by atoms with Crippen molar-refractivity contribution in [2.45, 2.75) is 18.0 Å². The highest BCUT2D eigenvalue weighted by Crippen LogP contribution is 2.39. The van der Waals surface area contributed by atoms with Crippen LogP contribution in [0, 0.1) is 0 Å². The van der Waals surface area contributed by atoms with Gasteiger partial charge in [0.1, 0.15) is 17.9 Å².